The van der Waals surface area contributed by atoms with Crippen LogP contribution in [-0.4, -0.2) is 29.2 Å². The highest BCUT2D eigenvalue weighted by Crippen LogP contribution is 2.55. The molecule has 5 nitrogen and oxygen atoms in total. The van der Waals surface area contributed by atoms with Gasteiger partial charge in [0.05, 0.1) is 19.4 Å². The monoisotopic (exact) mass is 476 g/mol. The number of rotatable bonds is 9. The molecule has 0 bridgehead atoms. The summed E-state index contributed by atoms with van der Waals surface area (Å²) in [6.07, 6.45) is 5.81. The van der Waals surface area contributed by atoms with E-state index >= 15 is 0 Å². The summed E-state index contributed by atoms with van der Waals surface area (Å²) in [4.78, 5) is 19.5. The van der Waals surface area contributed by atoms with Crippen molar-refractivity contribution in [2.24, 2.45) is 11.8 Å². The van der Waals surface area contributed by atoms with E-state index in [2.05, 4.69) is 0 Å². The van der Waals surface area contributed by atoms with Crippen LogP contribution in [-0.2, 0) is 4.57 Å². The summed E-state index contributed by atoms with van der Waals surface area (Å²) in [7, 11) is -2.56. The van der Waals surface area contributed by atoms with Gasteiger partial charge in [0.25, 0.3) is 0 Å². The number of halogens is 1. The molecule has 0 amide bonds. The Hall–Kier alpha value is -1.88. The first-order valence-corrected chi connectivity index (χ1v) is 13.6. The van der Waals surface area contributed by atoms with E-state index < -0.39 is 13.3 Å². The van der Waals surface area contributed by atoms with E-state index in [9.17, 15) is 18.7 Å². The first-order chi connectivity index (χ1) is 15.8. The smallest absolute Gasteiger partial charge is 0.328 e. The first-order valence-electron chi connectivity index (χ1n) is 11.9. The molecule has 2 aliphatic rings. The van der Waals surface area contributed by atoms with Gasteiger partial charge in [-0.25, -0.2) is 4.39 Å². The van der Waals surface area contributed by atoms with Crippen LogP contribution in [0.3, 0.4) is 0 Å². The summed E-state index contributed by atoms with van der Waals surface area (Å²) < 4.78 is 37.6. The van der Waals surface area contributed by atoms with Crippen LogP contribution in [0.2, 0.25) is 0 Å². The molecule has 2 N–H and O–H groups in total. The molecule has 7 heteroatoms. The standard InChI is InChI=1S/C26H34FO5P/c1-17(33(28,29)30)26(20-10-11-20)21-4-3-5-23(14-21)32-16-18-6-8-19(9-7-18)24-15-22(31-2)12-13-25(24)27/h3-5,12-15,17-20,26H,6-11,16H2,1-2H3,(H2,28,29,30)/t17?,18-,19-,26?. The number of hydrogen-bond acceptors (Lipinski definition) is 3. The highest BCUT2D eigenvalue weighted by molar-refractivity contribution is 7.52. The number of hydrogen-bond donors (Lipinski definition) is 2. The minimum absolute atomic E-state index is 0.150. The molecule has 0 heterocycles. The van der Waals surface area contributed by atoms with Crippen LogP contribution in [0.1, 0.15) is 68.4 Å². The molecule has 2 saturated carbocycles. The van der Waals surface area contributed by atoms with Crippen LogP contribution in [0.15, 0.2) is 42.5 Å². The van der Waals surface area contributed by atoms with E-state index in [0.29, 0.717) is 24.2 Å². The summed E-state index contributed by atoms with van der Waals surface area (Å²) in [5.41, 5.74) is 0.988. The SMILES string of the molecule is COc1ccc(F)c([C@H]2CC[C@H](COc3cccc(C(C4CC4)C(C)P(=O)(O)O)c3)CC2)c1. The highest BCUT2D eigenvalue weighted by atomic mass is 31.2. The van der Waals surface area contributed by atoms with Gasteiger partial charge >= 0.3 is 7.60 Å². The molecule has 2 unspecified atom stereocenters. The summed E-state index contributed by atoms with van der Waals surface area (Å²) >= 11 is 0. The molecule has 0 saturated heterocycles. The Bertz CT molecular complexity index is 994. The summed E-state index contributed by atoms with van der Waals surface area (Å²) in [5.74, 6) is 2.06. The molecule has 2 fully saturated rings. The van der Waals surface area contributed by atoms with Crippen LogP contribution >= 0.6 is 7.60 Å². The molecule has 0 aliphatic heterocycles. The lowest BCUT2D eigenvalue weighted by Gasteiger charge is -2.29. The van der Waals surface area contributed by atoms with Gasteiger partial charge in [0.1, 0.15) is 17.3 Å². The zero-order valence-corrected chi connectivity index (χ0v) is 20.2. The predicted molar refractivity (Wildman–Crippen MR) is 127 cm³/mol. The summed E-state index contributed by atoms with van der Waals surface area (Å²) in [5, 5.41) is 0. The van der Waals surface area contributed by atoms with Crippen molar-refractivity contribution in [1.82, 2.24) is 0 Å². The van der Waals surface area contributed by atoms with Gasteiger partial charge < -0.3 is 19.3 Å². The maximum absolute atomic E-state index is 14.3. The van der Waals surface area contributed by atoms with Crippen molar-refractivity contribution < 1.29 is 28.2 Å². The van der Waals surface area contributed by atoms with Crippen molar-refractivity contribution in [3.8, 4) is 11.5 Å². The van der Waals surface area contributed by atoms with Gasteiger partial charge in [-0.05, 0) is 97.7 Å². The number of methoxy groups -OCH3 is 1. The van der Waals surface area contributed by atoms with Crippen LogP contribution in [0.5, 0.6) is 11.5 Å². The fourth-order valence-electron chi connectivity index (χ4n) is 5.24. The Morgan fingerprint density at radius 3 is 2.39 bits per heavy atom. The molecule has 0 spiro atoms. The normalized spacial score (nSPS) is 23.1. The molecule has 4 rings (SSSR count). The quantitative estimate of drug-likeness (QED) is 0.419. The van der Waals surface area contributed by atoms with Crippen LogP contribution < -0.4 is 9.47 Å². The Kier molecular flexibility index (Phi) is 7.47. The van der Waals surface area contributed by atoms with Gasteiger partial charge in [-0.2, -0.15) is 0 Å². The minimum Gasteiger partial charge on any atom is -0.497 e. The van der Waals surface area contributed by atoms with Crippen LogP contribution in [0, 0.1) is 17.7 Å². The van der Waals surface area contributed by atoms with E-state index in [-0.39, 0.29) is 17.7 Å². The summed E-state index contributed by atoms with van der Waals surface area (Å²) in [6.45, 7) is 2.25. The zero-order valence-electron chi connectivity index (χ0n) is 19.3. The molecular formula is C26H34FO5P. The van der Waals surface area contributed by atoms with Gasteiger partial charge in [0, 0.05) is 5.92 Å². The Labute approximate surface area is 195 Å². The van der Waals surface area contributed by atoms with E-state index in [4.69, 9.17) is 9.47 Å². The van der Waals surface area contributed by atoms with Gasteiger partial charge in [-0.3, -0.25) is 4.57 Å². The van der Waals surface area contributed by atoms with Gasteiger partial charge in [0.2, 0.25) is 0 Å². The molecule has 2 aromatic carbocycles. The first kappa shape index (κ1) is 24.3. The molecule has 2 atom stereocenters. The molecule has 33 heavy (non-hydrogen) atoms. The topological polar surface area (TPSA) is 76.0 Å². The Balaban J connectivity index is 1.35. The van der Waals surface area contributed by atoms with Crippen molar-refractivity contribution in [2.75, 3.05) is 13.7 Å². The molecule has 0 aromatic heterocycles. The molecule has 0 radical (unpaired) electrons. The van der Waals surface area contributed by atoms with Crippen molar-refractivity contribution in [2.45, 2.75) is 62.9 Å². The minimum atomic E-state index is -4.16. The lowest BCUT2D eigenvalue weighted by molar-refractivity contribution is 0.199. The highest BCUT2D eigenvalue weighted by Gasteiger charge is 2.42. The van der Waals surface area contributed by atoms with Gasteiger partial charge in [-0.1, -0.05) is 19.1 Å². The van der Waals surface area contributed by atoms with E-state index in [1.165, 1.54) is 6.07 Å². The third-order valence-corrected chi connectivity index (χ3v) is 8.78. The van der Waals surface area contributed by atoms with Crippen molar-refractivity contribution >= 4 is 7.60 Å². The molecule has 180 valence electrons. The molecule has 2 aliphatic carbocycles. The van der Waals surface area contributed by atoms with E-state index in [1.807, 2.05) is 30.3 Å². The van der Waals surface area contributed by atoms with Crippen molar-refractivity contribution in [1.29, 1.82) is 0 Å². The van der Waals surface area contributed by atoms with E-state index in [0.717, 1.165) is 55.4 Å². The van der Waals surface area contributed by atoms with E-state index in [1.54, 1.807) is 20.1 Å². The second-order valence-electron chi connectivity index (χ2n) is 9.68. The van der Waals surface area contributed by atoms with Crippen molar-refractivity contribution in [3.63, 3.8) is 0 Å². The van der Waals surface area contributed by atoms with Gasteiger partial charge in [-0.15, -0.1) is 0 Å². The lowest BCUT2D eigenvalue weighted by atomic mass is 9.79. The Morgan fingerprint density at radius 1 is 1.03 bits per heavy atom. The second kappa shape index (κ2) is 10.2. The predicted octanol–water partition coefficient (Wildman–Crippen LogP) is 6.25. The van der Waals surface area contributed by atoms with Gasteiger partial charge in [0.15, 0.2) is 0 Å². The number of ether oxygens (including phenoxy) is 2. The third kappa shape index (κ3) is 5.98. The lowest BCUT2D eigenvalue weighted by Crippen LogP contribution is -2.20. The summed E-state index contributed by atoms with van der Waals surface area (Å²) in [6, 6.07) is 12.7. The Morgan fingerprint density at radius 2 is 1.76 bits per heavy atom. The number of benzene rings is 2. The fourth-order valence-corrected chi connectivity index (χ4v) is 6.07. The average Bonchev–Trinajstić information content (AvgIpc) is 3.63. The van der Waals surface area contributed by atoms with Crippen LogP contribution in [0.25, 0.3) is 0 Å². The fraction of sp³-hybridized carbons (Fsp3) is 0.538. The molecular weight excluding hydrogens is 442 g/mol. The third-order valence-electron chi connectivity index (χ3n) is 7.40. The zero-order chi connectivity index (χ0) is 23.6. The van der Waals surface area contributed by atoms with Crippen molar-refractivity contribution in [3.05, 3.63) is 59.4 Å². The largest absolute Gasteiger partial charge is 0.497 e. The van der Waals surface area contributed by atoms with Crippen LogP contribution in [0.4, 0.5) is 4.39 Å². The average molecular weight is 477 g/mol. The maximum atomic E-state index is 14.3. The molecule has 2 aromatic rings. The second-order valence-corrected chi connectivity index (χ2v) is 11.7. The maximum Gasteiger partial charge on any atom is 0.328 e.